The average Bonchev–Trinajstić information content (AvgIpc) is 2.88. The second kappa shape index (κ2) is 7.31. The first-order chi connectivity index (χ1) is 9.63. The summed E-state index contributed by atoms with van der Waals surface area (Å²) in [6, 6.07) is 8.29. The molecule has 0 amide bonds. The summed E-state index contributed by atoms with van der Waals surface area (Å²) < 4.78 is 24.0. The van der Waals surface area contributed by atoms with E-state index in [9.17, 15) is 8.76 Å². The normalized spacial score (nSPS) is 19.1. The van der Waals surface area contributed by atoms with E-state index in [2.05, 4.69) is 16.9 Å². The van der Waals surface area contributed by atoms with Gasteiger partial charge in [0.25, 0.3) is 0 Å². The van der Waals surface area contributed by atoms with E-state index >= 15 is 0 Å². The molecule has 5 heteroatoms. The highest BCUT2D eigenvalue weighted by Gasteiger charge is 2.33. The van der Waals surface area contributed by atoms with E-state index in [-0.39, 0.29) is 12.0 Å². The molecule has 20 heavy (non-hydrogen) atoms. The second-order valence-corrected chi connectivity index (χ2v) is 6.49. The summed E-state index contributed by atoms with van der Waals surface area (Å²) in [4.78, 5) is 0. The van der Waals surface area contributed by atoms with Crippen molar-refractivity contribution in [2.24, 2.45) is 5.41 Å². The van der Waals surface area contributed by atoms with Gasteiger partial charge in [-0.1, -0.05) is 37.1 Å². The Bertz CT molecular complexity index is 441. The van der Waals surface area contributed by atoms with E-state index in [4.69, 9.17) is 5.11 Å². The molecule has 0 radical (unpaired) electrons. The molecule has 0 aromatic heterocycles. The van der Waals surface area contributed by atoms with Crippen LogP contribution in [0.5, 0.6) is 0 Å². The van der Waals surface area contributed by atoms with Crippen LogP contribution in [0.1, 0.15) is 36.8 Å². The summed E-state index contributed by atoms with van der Waals surface area (Å²) in [6.07, 6.45) is 6.11. The molecule has 1 saturated carbocycles. The lowest BCUT2D eigenvalue weighted by atomic mass is 9.80. The largest absolute Gasteiger partial charge is 0.760 e. The fourth-order valence-corrected chi connectivity index (χ4v) is 3.56. The van der Waals surface area contributed by atoms with Gasteiger partial charge in [0, 0.05) is 24.4 Å². The van der Waals surface area contributed by atoms with Crippen molar-refractivity contribution in [3.05, 3.63) is 35.4 Å². The van der Waals surface area contributed by atoms with Crippen molar-refractivity contribution in [2.45, 2.75) is 38.5 Å². The number of benzene rings is 1. The van der Waals surface area contributed by atoms with E-state index in [1.807, 2.05) is 12.1 Å². The van der Waals surface area contributed by atoms with Crippen LogP contribution in [0.4, 0.5) is 0 Å². The molecule has 1 aliphatic carbocycles. The molecule has 1 fully saturated rings. The summed E-state index contributed by atoms with van der Waals surface area (Å²) in [5, 5.41) is 8.92. The lowest BCUT2D eigenvalue weighted by Gasteiger charge is -2.30. The zero-order chi connectivity index (χ0) is 14.4. The molecule has 0 bridgehead atoms. The highest BCUT2D eigenvalue weighted by molar-refractivity contribution is 7.77. The molecule has 112 valence electrons. The maximum absolute atomic E-state index is 10.7. The third-order valence-corrected chi connectivity index (χ3v) is 4.61. The minimum absolute atomic E-state index is 0.0680. The molecule has 1 atom stereocenters. The fourth-order valence-electron chi connectivity index (χ4n) is 3.14. The van der Waals surface area contributed by atoms with Gasteiger partial charge in [0.2, 0.25) is 0 Å². The molecule has 1 unspecified atom stereocenters. The zero-order valence-corrected chi connectivity index (χ0v) is 12.5. The van der Waals surface area contributed by atoms with E-state index in [0.29, 0.717) is 13.0 Å². The molecule has 1 aromatic rings. The van der Waals surface area contributed by atoms with E-state index in [1.165, 1.54) is 18.4 Å². The van der Waals surface area contributed by atoms with Crippen molar-refractivity contribution in [1.29, 1.82) is 0 Å². The molecule has 0 aliphatic heterocycles. The van der Waals surface area contributed by atoms with E-state index in [1.54, 1.807) is 0 Å². The Kier molecular flexibility index (Phi) is 5.72. The van der Waals surface area contributed by atoms with Gasteiger partial charge in [-0.05, 0) is 42.2 Å². The Hall–Kier alpha value is -0.750. The quantitative estimate of drug-likeness (QED) is 0.752. The van der Waals surface area contributed by atoms with Crippen molar-refractivity contribution in [2.75, 3.05) is 13.2 Å². The molecule has 1 aliphatic rings. The van der Waals surface area contributed by atoms with Crippen molar-refractivity contribution in [1.82, 2.24) is 4.72 Å². The van der Waals surface area contributed by atoms with Crippen molar-refractivity contribution >= 4 is 11.3 Å². The summed E-state index contributed by atoms with van der Waals surface area (Å²) in [5.41, 5.74) is 2.45. The van der Waals surface area contributed by atoms with Crippen LogP contribution in [0, 0.1) is 5.41 Å². The molecular weight excluding hydrogens is 274 g/mol. The Morgan fingerprint density at radius 1 is 1.20 bits per heavy atom. The van der Waals surface area contributed by atoms with Crippen LogP contribution in [-0.4, -0.2) is 27.0 Å². The highest BCUT2D eigenvalue weighted by atomic mass is 32.2. The van der Waals surface area contributed by atoms with E-state index < -0.39 is 11.3 Å². The number of aliphatic hydroxyl groups is 1. The third-order valence-electron chi connectivity index (χ3n) is 4.23. The summed E-state index contributed by atoms with van der Waals surface area (Å²) in [7, 11) is 0. The Morgan fingerprint density at radius 2 is 1.80 bits per heavy atom. The first kappa shape index (κ1) is 15.6. The molecule has 0 saturated heterocycles. The second-order valence-electron chi connectivity index (χ2n) is 5.73. The molecule has 2 N–H and O–H groups in total. The van der Waals surface area contributed by atoms with Gasteiger partial charge in [-0.3, -0.25) is 4.21 Å². The third kappa shape index (κ3) is 4.38. The minimum atomic E-state index is -2.18. The number of nitrogens with one attached hydrogen (secondary N) is 1. The van der Waals surface area contributed by atoms with Gasteiger partial charge < -0.3 is 9.66 Å². The Morgan fingerprint density at radius 3 is 2.35 bits per heavy atom. The molecule has 0 heterocycles. The van der Waals surface area contributed by atoms with Gasteiger partial charge in [0.05, 0.1) is 0 Å². The standard InChI is InChI=1S/C15H23NO3S/c17-10-7-13-3-5-14(6-4-13)11-15(8-1-2-9-15)12-16-20(18)19/h3-6,16-17H,1-2,7-12H2,(H,18,19)/p-1. The highest BCUT2D eigenvalue weighted by Crippen LogP contribution is 2.40. The smallest absolute Gasteiger partial charge is 0.0471 e. The lowest BCUT2D eigenvalue weighted by molar-refractivity contribution is 0.293. The fraction of sp³-hybridized carbons (Fsp3) is 0.600. The van der Waals surface area contributed by atoms with Gasteiger partial charge in [0.15, 0.2) is 0 Å². The summed E-state index contributed by atoms with van der Waals surface area (Å²) in [6.45, 7) is 0.698. The number of aliphatic hydroxyl groups excluding tert-OH is 1. The Labute approximate surface area is 123 Å². The first-order valence-corrected chi connectivity index (χ1v) is 8.22. The van der Waals surface area contributed by atoms with Crippen LogP contribution >= 0.6 is 0 Å². The number of hydrogen-bond donors (Lipinski definition) is 2. The van der Waals surface area contributed by atoms with Crippen LogP contribution in [0.15, 0.2) is 24.3 Å². The maximum atomic E-state index is 10.7. The van der Waals surface area contributed by atoms with Crippen LogP contribution in [0.2, 0.25) is 0 Å². The van der Waals surface area contributed by atoms with Crippen LogP contribution in [0.25, 0.3) is 0 Å². The molecule has 2 rings (SSSR count). The maximum Gasteiger partial charge on any atom is 0.0471 e. The van der Waals surface area contributed by atoms with Gasteiger partial charge >= 0.3 is 0 Å². The lowest BCUT2D eigenvalue weighted by Crippen LogP contribution is -2.34. The Balaban J connectivity index is 2.02. The topological polar surface area (TPSA) is 72.4 Å². The minimum Gasteiger partial charge on any atom is -0.760 e. The van der Waals surface area contributed by atoms with Crippen molar-refractivity contribution < 1.29 is 13.9 Å². The predicted octanol–water partition coefficient (Wildman–Crippen LogP) is 1.71. The van der Waals surface area contributed by atoms with Crippen molar-refractivity contribution in [3.63, 3.8) is 0 Å². The van der Waals surface area contributed by atoms with Crippen LogP contribution < -0.4 is 4.72 Å². The first-order valence-electron chi connectivity index (χ1n) is 7.15. The van der Waals surface area contributed by atoms with Gasteiger partial charge in [-0.15, -0.1) is 0 Å². The van der Waals surface area contributed by atoms with Crippen LogP contribution in [-0.2, 0) is 24.1 Å². The van der Waals surface area contributed by atoms with E-state index in [0.717, 1.165) is 24.8 Å². The summed E-state index contributed by atoms with van der Waals surface area (Å²) >= 11 is -2.18. The van der Waals surface area contributed by atoms with Gasteiger partial charge in [0.1, 0.15) is 0 Å². The zero-order valence-electron chi connectivity index (χ0n) is 11.6. The number of rotatable bonds is 7. The average molecular weight is 296 g/mol. The monoisotopic (exact) mass is 296 g/mol. The molecular formula is C15H22NO3S-. The predicted molar refractivity (Wildman–Crippen MR) is 78.8 cm³/mol. The molecule has 4 nitrogen and oxygen atoms in total. The van der Waals surface area contributed by atoms with Gasteiger partial charge in [-0.2, -0.15) is 0 Å². The number of hydrogen-bond acceptors (Lipinski definition) is 3. The van der Waals surface area contributed by atoms with Gasteiger partial charge in [-0.25, -0.2) is 4.72 Å². The molecule has 0 spiro atoms. The van der Waals surface area contributed by atoms with Crippen molar-refractivity contribution in [3.8, 4) is 0 Å². The van der Waals surface area contributed by atoms with Crippen LogP contribution in [0.3, 0.4) is 0 Å². The SMILES string of the molecule is O=S([O-])NCC1(Cc2ccc(CCO)cc2)CCCC1. The molecule has 1 aromatic carbocycles. The summed E-state index contributed by atoms with van der Waals surface area (Å²) in [5.74, 6) is 0.